The maximum Gasteiger partial charge on any atom is 0.247 e. The number of ether oxygens (including phenoxy) is 3. The van der Waals surface area contributed by atoms with E-state index in [1.807, 2.05) is 51.2 Å². The highest BCUT2D eigenvalue weighted by molar-refractivity contribution is 7.89. The molecule has 0 radical (unpaired) electrons. The number of sulfonamides is 1. The number of hydrogen-bond acceptors (Lipinski definition) is 8. The van der Waals surface area contributed by atoms with Gasteiger partial charge in [-0.25, -0.2) is 8.42 Å². The van der Waals surface area contributed by atoms with Gasteiger partial charge in [0.05, 0.1) is 13.2 Å². The second-order valence-corrected chi connectivity index (χ2v) is 12.2. The van der Waals surface area contributed by atoms with E-state index in [2.05, 4.69) is 16.7 Å². The molecule has 9 nitrogen and oxygen atoms in total. The maximum absolute atomic E-state index is 13.7. The van der Waals surface area contributed by atoms with Crippen molar-refractivity contribution in [2.45, 2.75) is 37.4 Å². The normalized spacial score (nSPS) is 21.2. The number of aliphatic hydroxyl groups is 1. The molecular weight excluding hydrogens is 506 g/mol. The molecule has 2 heterocycles. The van der Waals surface area contributed by atoms with Crippen LogP contribution in [0.5, 0.6) is 17.2 Å². The van der Waals surface area contributed by atoms with Crippen molar-refractivity contribution in [2.24, 2.45) is 5.92 Å². The Balaban J connectivity index is 1.63. The average molecular weight is 544 g/mol. The zero-order valence-corrected chi connectivity index (χ0v) is 23.5. The van der Waals surface area contributed by atoms with Gasteiger partial charge in [0.15, 0.2) is 11.5 Å². The Morgan fingerprint density at radius 1 is 1.11 bits per heavy atom. The summed E-state index contributed by atoms with van der Waals surface area (Å²) in [5, 5.41) is 9.86. The Kier molecular flexibility index (Phi) is 8.85. The summed E-state index contributed by atoms with van der Waals surface area (Å²) in [4.78, 5) is 4.20. The van der Waals surface area contributed by atoms with Gasteiger partial charge in [-0.2, -0.15) is 4.31 Å². The summed E-state index contributed by atoms with van der Waals surface area (Å²) in [6, 6.07) is 10.3. The smallest absolute Gasteiger partial charge is 0.247 e. The third kappa shape index (κ3) is 6.42. The van der Waals surface area contributed by atoms with Gasteiger partial charge in [0.25, 0.3) is 0 Å². The maximum atomic E-state index is 13.7. The fourth-order valence-corrected chi connectivity index (χ4v) is 6.37. The Morgan fingerprint density at radius 3 is 2.61 bits per heavy atom. The molecule has 3 atom stereocenters. The molecule has 0 fully saturated rings. The molecule has 0 saturated heterocycles. The van der Waals surface area contributed by atoms with Crippen molar-refractivity contribution < 1.29 is 27.7 Å². The van der Waals surface area contributed by atoms with Crippen molar-refractivity contribution >= 4 is 10.0 Å². The van der Waals surface area contributed by atoms with E-state index < -0.39 is 16.1 Å². The second kappa shape index (κ2) is 11.9. The molecule has 0 spiro atoms. The van der Waals surface area contributed by atoms with Crippen LogP contribution in [-0.2, 0) is 16.6 Å². The molecule has 0 bridgehead atoms. The minimum Gasteiger partial charge on any atom is -0.487 e. The lowest BCUT2D eigenvalue weighted by molar-refractivity contribution is 0.0733. The molecule has 0 aliphatic carbocycles. The minimum absolute atomic E-state index is 0.0892. The molecule has 2 aliphatic rings. The van der Waals surface area contributed by atoms with E-state index in [-0.39, 0.29) is 42.6 Å². The van der Waals surface area contributed by atoms with Crippen molar-refractivity contribution in [3.63, 3.8) is 0 Å². The van der Waals surface area contributed by atoms with Crippen LogP contribution >= 0.6 is 0 Å². The molecule has 0 aromatic heterocycles. The summed E-state index contributed by atoms with van der Waals surface area (Å²) >= 11 is 0. The van der Waals surface area contributed by atoms with Crippen LogP contribution in [0.2, 0.25) is 0 Å². The minimum atomic E-state index is -3.89. The molecule has 2 aromatic carbocycles. The number of fused-ring (bicyclic) bond motifs is 2. The third-order valence-electron chi connectivity index (χ3n) is 6.68. The van der Waals surface area contributed by atoms with Crippen molar-refractivity contribution in [3.05, 3.63) is 47.5 Å². The van der Waals surface area contributed by atoms with Gasteiger partial charge in [-0.05, 0) is 64.0 Å². The third-order valence-corrected chi connectivity index (χ3v) is 8.70. The summed E-state index contributed by atoms with van der Waals surface area (Å²) in [6.07, 6.45) is -0.304. The highest BCUT2D eigenvalue weighted by Gasteiger charge is 2.38. The molecular formula is C28H37N3O6S. The van der Waals surface area contributed by atoms with E-state index in [0.717, 1.165) is 17.1 Å². The van der Waals surface area contributed by atoms with Crippen LogP contribution in [-0.4, -0.2) is 94.0 Å². The zero-order valence-electron chi connectivity index (χ0n) is 22.7. The lowest BCUT2D eigenvalue weighted by atomic mass is 10.0. The summed E-state index contributed by atoms with van der Waals surface area (Å²) in [5.74, 6) is 7.81. The monoisotopic (exact) mass is 543 g/mol. The van der Waals surface area contributed by atoms with Crippen molar-refractivity contribution in [1.82, 2.24) is 14.1 Å². The summed E-state index contributed by atoms with van der Waals surface area (Å²) in [5.41, 5.74) is 1.76. The van der Waals surface area contributed by atoms with Crippen LogP contribution in [0.3, 0.4) is 0 Å². The van der Waals surface area contributed by atoms with Gasteiger partial charge < -0.3 is 19.3 Å². The molecule has 0 amide bonds. The van der Waals surface area contributed by atoms with Gasteiger partial charge in [0.2, 0.25) is 16.8 Å². The molecule has 0 saturated carbocycles. The Morgan fingerprint density at radius 2 is 1.87 bits per heavy atom. The molecule has 206 valence electrons. The van der Waals surface area contributed by atoms with E-state index in [1.165, 1.54) is 4.31 Å². The van der Waals surface area contributed by atoms with E-state index in [1.54, 1.807) is 25.1 Å². The van der Waals surface area contributed by atoms with Gasteiger partial charge in [-0.1, -0.05) is 24.8 Å². The largest absolute Gasteiger partial charge is 0.487 e. The second-order valence-electron chi connectivity index (χ2n) is 10.3. The van der Waals surface area contributed by atoms with E-state index >= 15 is 0 Å². The molecule has 10 heteroatoms. The number of benzene rings is 2. The number of rotatable bonds is 7. The number of aliphatic hydroxyl groups excluding tert-OH is 1. The number of hydrogen-bond donors (Lipinski definition) is 1. The Bertz CT molecular complexity index is 1300. The molecule has 1 N–H and O–H groups in total. The average Bonchev–Trinajstić information content (AvgIpc) is 3.33. The lowest BCUT2D eigenvalue weighted by Gasteiger charge is -2.37. The summed E-state index contributed by atoms with van der Waals surface area (Å²) < 4.78 is 46.1. The SMILES string of the molecule is C[C@@H]1CN([C@H](C)CO)S(=O)(=O)c2ccc(C#CCN(C)C)cc2O[C@H]1CN(C)Cc1ccc2c(c1)OCO2. The van der Waals surface area contributed by atoms with Crippen molar-refractivity contribution in [1.29, 1.82) is 0 Å². The zero-order chi connectivity index (χ0) is 27.4. The first kappa shape index (κ1) is 28.2. The Hall–Kier alpha value is -2.81. The van der Waals surface area contributed by atoms with Crippen LogP contribution in [0.15, 0.2) is 41.3 Å². The lowest BCUT2D eigenvalue weighted by Crippen LogP contribution is -2.49. The summed E-state index contributed by atoms with van der Waals surface area (Å²) in [6.45, 7) is 5.69. The van der Waals surface area contributed by atoms with Crippen LogP contribution < -0.4 is 14.2 Å². The topological polar surface area (TPSA) is 91.8 Å². The highest BCUT2D eigenvalue weighted by Crippen LogP contribution is 2.35. The molecule has 0 unspecified atom stereocenters. The predicted octanol–water partition coefficient (Wildman–Crippen LogP) is 2.23. The summed E-state index contributed by atoms with van der Waals surface area (Å²) in [7, 11) is 1.99. The first-order chi connectivity index (χ1) is 18.1. The van der Waals surface area contributed by atoms with Crippen molar-refractivity contribution in [3.8, 4) is 29.1 Å². The van der Waals surface area contributed by atoms with Gasteiger partial charge in [0.1, 0.15) is 16.7 Å². The first-order valence-electron chi connectivity index (χ1n) is 12.7. The van der Waals surface area contributed by atoms with Gasteiger partial charge in [-0.3, -0.25) is 9.80 Å². The van der Waals surface area contributed by atoms with E-state index in [0.29, 0.717) is 25.2 Å². The standard InChI is InChI=1S/C28H37N3O6S/c1-20-15-31(21(2)18-32)38(33,34)28-11-9-22(7-6-12-29(3)4)13-26(28)37-27(20)17-30(5)16-23-8-10-24-25(14-23)36-19-35-24/h8-11,13-14,20-21,27,32H,12,15-19H2,1-5H3/t20-,21-,27+/m1/s1. The van der Waals surface area contributed by atoms with Crippen molar-refractivity contribution in [2.75, 3.05) is 54.2 Å². The van der Waals surface area contributed by atoms with Crippen LogP contribution in [0, 0.1) is 17.8 Å². The quantitative estimate of drug-likeness (QED) is 0.532. The highest BCUT2D eigenvalue weighted by atomic mass is 32.2. The van der Waals surface area contributed by atoms with Crippen LogP contribution in [0.25, 0.3) is 0 Å². The number of nitrogens with zero attached hydrogens (tertiary/aromatic N) is 3. The fourth-order valence-electron chi connectivity index (χ4n) is 4.54. The Labute approximate surface area is 225 Å². The van der Waals surface area contributed by atoms with Gasteiger partial charge >= 0.3 is 0 Å². The molecule has 2 aliphatic heterocycles. The van der Waals surface area contributed by atoms with E-state index in [4.69, 9.17) is 14.2 Å². The molecule has 2 aromatic rings. The molecule has 38 heavy (non-hydrogen) atoms. The van der Waals surface area contributed by atoms with Gasteiger partial charge in [0, 0.05) is 37.2 Å². The first-order valence-corrected chi connectivity index (χ1v) is 14.2. The van der Waals surface area contributed by atoms with E-state index in [9.17, 15) is 13.5 Å². The molecule has 4 rings (SSSR count). The van der Waals surface area contributed by atoms with Crippen LogP contribution in [0.4, 0.5) is 0 Å². The van der Waals surface area contributed by atoms with Gasteiger partial charge in [-0.15, -0.1) is 0 Å². The van der Waals surface area contributed by atoms with Crippen LogP contribution in [0.1, 0.15) is 25.0 Å². The number of likely N-dealkylation sites (N-methyl/N-ethyl adjacent to an activating group) is 1. The fraction of sp³-hybridized carbons (Fsp3) is 0.500. The predicted molar refractivity (Wildman–Crippen MR) is 145 cm³/mol.